The van der Waals surface area contributed by atoms with Crippen LogP contribution in [0.2, 0.25) is 0 Å². The molecule has 0 N–H and O–H groups in total. The average molecular weight is 237 g/mol. The van der Waals surface area contributed by atoms with Gasteiger partial charge in [-0.25, -0.2) is 4.31 Å². The molecule has 0 aromatic rings. The second-order valence-corrected chi connectivity index (χ2v) is 5.37. The number of nitrogens with zero attached hydrogens (tertiary/aromatic N) is 2. The van der Waals surface area contributed by atoms with Crippen molar-refractivity contribution in [1.82, 2.24) is 8.61 Å². The summed E-state index contributed by atoms with van der Waals surface area (Å²) in [4.78, 5) is 11.7. The summed E-state index contributed by atoms with van der Waals surface area (Å²) in [6, 6.07) is 0.285. The van der Waals surface area contributed by atoms with Crippen molar-refractivity contribution in [2.45, 2.75) is 32.7 Å². The van der Waals surface area contributed by atoms with Gasteiger partial charge in [-0.1, -0.05) is 13.8 Å². The zero-order valence-corrected chi connectivity index (χ0v) is 10.4. The van der Waals surface area contributed by atoms with E-state index in [1.807, 2.05) is 11.4 Å². The first kappa shape index (κ1) is 12.1. The van der Waals surface area contributed by atoms with Gasteiger partial charge in [0.05, 0.1) is 0 Å². The van der Waals surface area contributed by atoms with Gasteiger partial charge in [-0.3, -0.25) is 9.10 Å². The molecule has 0 spiro atoms. The Kier molecular flexibility index (Phi) is 4.54. The largest absolute Gasteiger partial charge is 0.272 e. The number of amides is 1. The van der Waals surface area contributed by atoms with E-state index >= 15 is 0 Å². The second kappa shape index (κ2) is 5.24. The number of carbonyl (C=O) groups excluding carboxylic acids is 1. The minimum atomic E-state index is 0.0150. The summed E-state index contributed by atoms with van der Waals surface area (Å²) in [5.74, 6) is 0.791. The summed E-state index contributed by atoms with van der Waals surface area (Å²) in [5, 5.41) is 0. The topological polar surface area (TPSA) is 23.6 Å². The fourth-order valence-corrected chi connectivity index (χ4v) is 2.57. The molecule has 1 aliphatic rings. The number of halogens is 1. The van der Waals surface area contributed by atoms with Crippen LogP contribution in [-0.2, 0) is 4.79 Å². The van der Waals surface area contributed by atoms with E-state index in [2.05, 4.69) is 13.8 Å². The normalized spacial score (nSPS) is 23.9. The predicted octanol–water partition coefficient (Wildman–Crippen LogP) is 2.32. The molecule has 0 radical (unpaired) electrons. The number of likely N-dealkylation sites (N-methyl/N-ethyl adjacent to an activating group) is 1. The summed E-state index contributed by atoms with van der Waals surface area (Å²) in [7, 11) is 1.94. The Balaban J connectivity index is 2.48. The van der Waals surface area contributed by atoms with Crippen LogP contribution in [0.15, 0.2) is 0 Å². The average Bonchev–Trinajstić information content (AvgIpc) is 2.39. The molecule has 1 amide bonds. The van der Waals surface area contributed by atoms with Crippen molar-refractivity contribution in [3.05, 3.63) is 0 Å². The van der Waals surface area contributed by atoms with Gasteiger partial charge in [-0.15, -0.1) is 11.6 Å². The van der Waals surface area contributed by atoms with E-state index in [9.17, 15) is 4.79 Å². The highest BCUT2D eigenvalue weighted by Crippen LogP contribution is 2.30. The van der Waals surface area contributed by atoms with Gasteiger partial charge in [0.25, 0.3) is 5.91 Å². The molecule has 1 fully saturated rings. The van der Waals surface area contributed by atoms with Gasteiger partial charge >= 0.3 is 0 Å². The fourth-order valence-electron chi connectivity index (χ4n) is 1.45. The summed E-state index contributed by atoms with van der Waals surface area (Å²) in [6.45, 7) is 4.35. The van der Waals surface area contributed by atoms with E-state index in [4.69, 9.17) is 11.6 Å². The Morgan fingerprint density at radius 2 is 2.21 bits per heavy atom. The first-order valence-electron chi connectivity index (χ1n) is 4.84. The molecule has 0 aromatic heterocycles. The van der Waals surface area contributed by atoms with Gasteiger partial charge in [0, 0.05) is 19.2 Å². The van der Waals surface area contributed by atoms with Crippen molar-refractivity contribution < 1.29 is 4.79 Å². The Morgan fingerprint density at radius 1 is 1.57 bits per heavy atom. The molecular weight excluding hydrogens is 220 g/mol. The van der Waals surface area contributed by atoms with Gasteiger partial charge in [0.15, 0.2) is 0 Å². The van der Waals surface area contributed by atoms with Gasteiger partial charge in [-0.05, 0) is 18.8 Å². The Bertz CT molecular complexity index is 213. The van der Waals surface area contributed by atoms with Crippen molar-refractivity contribution in [2.75, 3.05) is 13.1 Å². The molecule has 0 bridgehead atoms. The standard InChI is InChI=1S/C9H17ClN2OS/c1-7(2)4-5-8-9(13)12(6-10)14-11(8)3/h7-8H,4-6H2,1-3H3. The lowest BCUT2D eigenvalue weighted by Gasteiger charge is -2.14. The molecule has 1 atom stereocenters. The number of hydrogen-bond donors (Lipinski definition) is 0. The van der Waals surface area contributed by atoms with E-state index in [1.54, 1.807) is 4.31 Å². The van der Waals surface area contributed by atoms with Crippen LogP contribution in [0.3, 0.4) is 0 Å². The zero-order chi connectivity index (χ0) is 10.7. The predicted molar refractivity (Wildman–Crippen MR) is 60.8 cm³/mol. The molecule has 1 saturated heterocycles. The van der Waals surface area contributed by atoms with Crippen molar-refractivity contribution in [2.24, 2.45) is 5.92 Å². The van der Waals surface area contributed by atoms with Crippen LogP contribution in [0.4, 0.5) is 0 Å². The third-order valence-corrected chi connectivity index (χ3v) is 3.72. The van der Waals surface area contributed by atoms with E-state index in [-0.39, 0.29) is 18.0 Å². The maximum absolute atomic E-state index is 11.7. The van der Waals surface area contributed by atoms with E-state index in [1.165, 1.54) is 12.1 Å². The quantitative estimate of drug-likeness (QED) is 0.425. The van der Waals surface area contributed by atoms with Crippen molar-refractivity contribution >= 4 is 29.6 Å². The zero-order valence-electron chi connectivity index (χ0n) is 8.86. The second-order valence-electron chi connectivity index (χ2n) is 3.95. The van der Waals surface area contributed by atoms with E-state index < -0.39 is 0 Å². The van der Waals surface area contributed by atoms with Crippen LogP contribution in [-0.4, -0.2) is 33.6 Å². The molecular formula is C9H17ClN2OS. The molecule has 3 nitrogen and oxygen atoms in total. The minimum Gasteiger partial charge on any atom is -0.272 e. The van der Waals surface area contributed by atoms with E-state index in [0.717, 1.165) is 12.8 Å². The molecule has 1 unspecified atom stereocenters. The monoisotopic (exact) mass is 236 g/mol. The molecule has 82 valence electrons. The smallest absolute Gasteiger partial charge is 0.252 e. The van der Waals surface area contributed by atoms with Gasteiger partial charge in [-0.2, -0.15) is 0 Å². The van der Waals surface area contributed by atoms with Crippen LogP contribution in [0.25, 0.3) is 0 Å². The van der Waals surface area contributed by atoms with Crippen molar-refractivity contribution in [3.8, 4) is 0 Å². The highest BCUT2D eigenvalue weighted by atomic mass is 35.5. The first-order valence-corrected chi connectivity index (χ1v) is 6.11. The summed E-state index contributed by atoms with van der Waals surface area (Å²) < 4.78 is 3.60. The maximum atomic E-state index is 11.7. The highest BCUT2D eigenvalue weighted by molar-refractivity contribution is 7.95. The lowest BCUT2D eigenvalue weighted by Crippen LogP contribution is -2.31. The van der Waals surface area contributed by atoms with E-state index in [0.29, 0.717) is 5.92 Å². The Hall–Kier alpha value is 0.0700. The number of rotatable bonds is 4. The maximum Gasteiger partial charge on any atom is 0.252 e. The van der Waals surface area contributed by atoms with Crippen molar-refractivity contribution in [1.29, 1.82) is 0 Å². The van der Waals surface area contributed by atoms with Gasteiger partial charge in [0.1, 0.15) is 12.0 Å². The summed E-state index contributed by atoms with van der Waals surface area (Å²) in [5.41, 5.74) is 0. The lowest BCUT2D eigenvalue weighted by molar-refractivity contribution is -0.127. The molecule has 0 aromatic carbocycles. The molecule has 1 rings (SSSR count). The van der Waals surface area contributed by atoms with Crippen LogP contribution in [0.1, 0.15) is 26.7 Å². The molecule has 1 aliphatic heterocycles. The molecule has 5 heteroatoms. The molecule has 1 heterocycles. The van der Waals surface area contributed by atoms with Crippen LogP contribution >= 0.6 is 23.7 Å². The van der Waals surface area contributed by atoms with Crippen LogP contribution in [0.5, 0.6) is 0 Å². The van der Waals surface area contributed by atoms with Crippen LogP contribution in [0, 0.1) is 5.92 Å². The molecule has 14 heavy (non-hydrogen) atoms. The molecule has 0 saturated carbocycles. The SMILES string of the molecule is CC(C)CCC1C(=O)N(CCl)SN1C. The fraction of sp³-hybridized carbons (Fsp3) is 0.889. The van der Waals surface area contributed by atoms with Crippen molar-refractivity contribution in [3.63, 3.8) is 0 Å². The minimum absolute atomic E-state index is 0.0150. The number of carbonyl (C=O) groups is 1. The van der Waals surface area contributed by atoms with Gasteiger partial charge in [0.2, 0.25) is 0 Å². The summed E-state index contributed by atoms with van der Waals surface area (Å²) >= 11 is 7.07. The lowest BCUT2D eigenvalue weighted by atomic mass is 10.0. The summed E-state index contributed by atoms with van der Waals surface area (Å²) in [6.07, 6.45) is 2.00. The third kappa shape index (κ3) is 2.78. The Labute approximate surface area is 95.0 Å². The van der Waals surface area contributed by atoms with Crippen LogP contribution < -0.4 is 0 Å². The Morgan fingerprint density at radius 3 is 2.64 bits per heavy atom. The third-order valence-electron chi connectivity index (χ3n) is 2.32. The van der Waals surface area contributed by atoms with Gasteiger partial charge < -0.3 is 0 Å². The number of hydrogen-bond acceptors (Lipinski definition) is 3. The highest BCUT2D eigenvalue weighted by Gasteiger charge is 2.36. The number of alkyl halides is 1. The first-order chi connectivity index (χ1) is 6.56. The molecule has 0 aliphatic carbocycles.